The van der Waals surface area contributed by atoms with E-state index in [1.54, 1.807) is 6.20 Å². The molecule has 0 unspecified atom stereocenters. The van der Waals surface area contributed by atoms with Crippen molar-refractivity contribution in [2.45, 2.75) is 6.10 Å². The van der Waals surface area contributed by atoms with Gasteiger partial charge in [-0.15, -0.1) is 12.4 Å². The molecule has 15 heavy (non-hydrogen) atoms. The third-order valence-corrected chi connectivity index (χ3v) is 2.08. The predicted octanol–water partition coefficient (Wildman–Crippen LogP) is 2.59. The van der Waals surface area contributed by atoms with Crippen molar-refractivity contribution >= 4 is 12.4 Å². The monoisotopic (exact) mass is 221 g/mol. The average molecular weight is 222 g/mol. The molecule has 0 radical (unpaired) electrons. The summed E-state index contributed by atoms with van der Waals surface area (Å²) >= 11 is 0. The fourth-order valence-electron chi connectivity index (χ4n) is 1.34. The zero-order chi connectivity index (χ0) is 9.80. The molecular formula is C12H12ClNO. The van der Waals surface area contributed by atoms with E-state index >= 15 is 0 Å². The van der Waals surface area contributed by atoms with E-state index in [0.29, 0.717) is 5.69 Å². The third kappa shape index (κ3) is 2.78. The van der Waals surface area contributed by atoms with Crippen LogP contribution in [0.3, 0.4) is 0 Å². The van der Waals surface area contributed by atoms with Gasteiger partial charge in [-0.1, -0.05) is 36.4 Å². The first-order valence-electron chi connectivity index (χ1n) is 4.52. The van der Waals surface area contributed by atoms with Gasteiger partial charge in [-0.2, -0.15) is 0 Å². The van der Waals surface area contributed by atoms with Crippen LogP contribution in [0.15, 0.2) is 54.7 Å². The quantitative estimate of drug-likeness (QED) is 0.846. The van der Waals surface area contributed by atoms with Gasteiger partial charge < -0.3 is 5.11 Å². The molecule has 2 rings (SSSR count). The summed E-state index contributed by atoms with van der Waals surface area (Å²) in [6.07, 6.45) is 1.05. The summed E-state index contributed by atoms with van der Waals surface area (Å²) in [5.74, 6) is 0. The highest BCUT2D eigenvalue weighted by Gasteiger charge is 2.09. The van der Waals surface area contributed by atoms with Crippen LogP contribution >= 0.6 is 12.4 Å². The van der Waals surface area contributed by atoms with Crippen molar-refractivity contribution in [2.75, 3.05) is 0 Å². The lowest BCUT2D eigenvalue weighted by atomic mass is 10.1. The molecular weight excluding hydrogens is 210 g/mol. The Bertz CT molecular complexity index is 351. The van der Waals surface area contributed by atoms with Gasteiger partial charge in [0.1, 0.15) is 6.10 Å². The lowest BCUT2D eigenvalue weighted by Gasteiger charge is -2.09. The van der Waals surface area contributed by atoms with Gasteiger partial charge in [-0.3, -0.25) is 4.98 Å². The molecule has 0 amide bonds. The first-order chi connectivity index (χ1) is 6.88. The number of rotatable bonds is 2. The number of nitrogens with zero attached hydrogens (tertiary/aromatic N) is 1. The molecule has 1 N–H and O–H groups in total. The maximum absolute atomic E-state index is 9.93. The number of aromatic nitrogens is 1. The van der Waals surface area contributed by atoms with E-state index in [2.05, 4.69) is 4.98 Å². The Morgan fingerprint density at radius 2 is 1.60 bits per heavy atom. The van der Waals surface area contributed by atoms with Crippen molar-refractivity contribution in [1.82, 2.24) is 4.98 Å². The van der Waals surface area contributed by atoms with E-state index in [-0.39, 0.29) is 12.4 Å². The standard InChI is InChI=1S/C12H11NO.ClH/c14-12(10-6-2-1-3-7-10)11-8-4-5-9-13-11;/h1-9,12,14H;1H/t12-;/m0./s1. The summed E-state index contributed by atoms with van der Waals surface area (Å²) in [4.78, 5) is 4.11. The van der Waals surface area contributed by atoms with Crippen LogP contribution in [0.2, 0.25) is 0 Å². The molecule has 2 aromatic rings. The van der Waals surface area contributed by atoms with Crippen molar-refractivity contribution in [1.29, 1.82) is 0 Å². The van der Waals surface area contributed by atoms with Crippen molar-refractivity contribution < 1.29 is 5.11 Å². The van der Waals surface area contributed by atoms with Gasteiger partial charge in [-0.25, -0.2) is 0 Å². The minimum absolute atomic E-state index is 0. The summed E-state index contributed by atoms with van der Waals surface area (Å²) < 4.78 is 0. The molecule has 0 saturated carbocycles. The van der Waals surface area contributed by atoms with Gasteiger partial charge >= 0.3 is 0 Å². The SMILES string of the molecule is Cl.O[C@@H](c1ccccc1)c1ccccn1. The summed E-state index contributed by atoms with van der Waals surface area (Å²) in [5.41, 5.74) is 1.55. The first kappa shape index (κ1) is 11.7. The van der Waals surface area contributed by atoms with Crippen LogP contribution in [0.1, 0.15) is 17.4 Å². The van der Waals surface area contributed by atoms with Gasteiger partial charge in [0.15, 0.2) is 0 Å². The molecule has 1 aromatic heterocycles. The Hall–Kier alpha value is -1.38. The maximum atomic E-state index is 9.93. The second-order valence-corrected chi connectivity index (χ2v) is 3.07. The summed E-state index contributed by atoms with van der Waals surface area (Å²) in [6.45, 7) is 0. The predicted molar refractivity (Wildman–Crippen MR) is 62.0 cm³/mol. The number of hydrogen-bond acceptors (Lipinski definition) is 2. The molecule has 78 valence electrons. The van der Waals surface area contributed by atoms with Crippen LogP contribution in [-0.2, 0) is 0 Å². The van der Waals surface area contributed by atoms with Crippen molar-refractivity contribution in [3.8, 4) is 0 Å². The smallest absolute Gasteiger partial charge is 0.121 e. The molecule has 0 fully saturated rings. The topological polar surface area (TPSA) is 33.1 Å². The highest BCUT2D eigenvalue weighted by Crippen LogP contribution is 2.18. The molecule has 2 nitrogen and oxygen atoms in total. The molecule has 0 aliphatic rings. The van der Waals surface area contributed by atoms with Crippen molar-refractivity contribution in [3.05, 3.63) is 66.0 Å². The van der Waals surface area contributed by atoms with E-state index in [0.717, 1.165) is 5.56 Å². The van der Waals surface area contributed by atoms with Crippen LogP contribution in [0, 0.1) is 0 Å². The minimum Gasteiger partial charge on any atom is -0.382 e. The van der Waals surface area contributed by atoms with E-state index in [4.69, 9.17) is 0 Å². The Kier molecular flexibility index (Phi) is 4.28. The fraction of sp³-hybridized carbons (Fsp3) is 0.0833. The van der Waals surface area contributed by atoms with E-state index in [1.807, 2.05) is 48.5 Å². The largest absolute Gasteiger partial charge is 0.382 e. The number of halogens is 1. The lowest BCUT2D eigenvalue weighted by molar-refractivity contribution is 0.215. The molecule has 1 heterocycles. The zero-order valence-corrected chi connectivity index (χ0v) is 8.89. The molecule has 0 aliphatic carbocycles. The summed E-state index contributed by atoms with van der Waals surface area (Å²) in [6, 6.07) is 15.0. The second-order valence-electron chi connectivity index (χ2n) is 3.07. The minimum atomic E-state index is -0.627. The third-order valence-electron chi connectivity index (χ3n) is 2.08. The Balaban J connectivity index is 0.00000112. The van der Waals surface area contributed by atoms with Gasteiger partial charge in [0.25, 0.3) is 0 Å². The number of hydrogen-bond donors (Lipinski definition) is 1. The average Bonchev–Trinajstić information content (AvgIpc) is 2.30. The summed E-state index contributed by atoms with van der Waals surface area (Å²) in [7, 11) is 0. The lowest BCUT2D eigenvalue weighted by Crippen LogP contribution is -2.01. The molecule has 3 heteroatoms. The zero-order valence-electron chi connectivity index (χ0n) is 8.08. The van der Waals surface area contributed by atoms with Gasteiger partial charge in [0, 0.05) is 6.20 Å². The van der Waals surface area contributed by atoms with E-state index < -0.39 is 6.10 Å². The molecule has 0 saturated heterocycles. The molecule has 1 atom stereocenters. The fourth-order valence-corrected chi connectivity index (χ4v) is 1.34. The van der Waals surface area contributed by atoms with Gasteiger partial charge in [0.05, 0.1) is 5.69 Å². The Morgan fingerprint density at radius 3 is 2.20 bits per heavy atom. The summed E-state index contributed by atoms with van der Waals surface area (Å²) in [5, 5.41) is 9.93. The van der Waals surface area contributed by atoms with Gasteiger partial charge in [0.2, 0.25) is 0 Å². The maximum Gasteiger partial charge on any atom is 0.121 e. The number of benzene rings is 1. The number of aliphatic hydroxyl groups excluding tert-OH is 1. The molecule has 1 aromatic carbocycles. The van der Waals surface area contributed by atoms with Crippen LogP contribution in [0.5, 0.6) is 0 Å². The first-order valence-corrected chi connectivity index (χ1v) is 4.52. The number of aliphatic hydroxyl groups is 1. The highest BCUT2D eigenvalue weighted by atomic mass is 35.5. The molecule has 0 bridgehead atoms. The Morgan fingerprint density at radius 1 is 0.933 bits per heavy atom. The number of pyridine rings is 1. The molecule has 0 spiro atoms. The highest BCUT2D eigenvalue weighted by molar-refractivity contribution is 5.85. The Labute approximate surface area is 95.0 Å². The van der Waals surface area contributed by atoms with E-state index in [1.165, 1.54) is 0 Å². The van der Waals surface area contributed by atoms with Crippen LogP contribution < -0.4 is 0 Å². The van der Waals surface area contributed by atoms with Crippen LogP contribution in [0.4, 0.5) is 0 Å². The van der Waals surface area contributed by atoms with Crippen LogP contribution in [0.25, 0.3) is 0 Å². The van der Waals surface area contributed by atoms with Crippen molar-refractivity contribution in [2.24, 2.45) is 0 Å². The van der Waals surface area contributed by atoms with Gasteiger partial charge in [-0.05, 0) is 17.7 Å². The van der Waals surface area contributed by atoms with Crippen molar-refractivity contribution in [3.63, 3.8) is 0 Å². The van der Waals surface area contributed by atoms with E-state index in [9.17, 15) is 5.11 Å². The van der Waals surface area contributed by atoms with Crippen LogP contribution in [-0.4, -0.2) is 10.1 Å². The molecule has 0 aliphatic heterocycles. The normalized spacial score (nSPS) is 11.5. The second kappa shape index (κ2) is 5.49.